The summed E-state index contributed by atoms with van der Waals surface area (Å²) in [7, 11) is 0. The second-order valence-corrected chi connectivity index (χ2v) is 7.42. The third-order valence-corrected chi connectivity index (χ3v) is 5.53. The van der Waals surface area contributed by atoms with E-state index in [9.17, 15) is 14.7 Å². The summed E-state index contributed by atoms with van der Waals surface area (Å²) < 4.78 is 5.37. The van der Waals surface area contributed by atoms with Crippen LogP contribution in [0.15, 0.2) is 60.3 Å². The van der Waals surface area contributed by atoms with Crippen molar-refractivity contribution in [3.8, 4) is 0 Å². The summed E-state index contributed by atoms with van der Waals surface area (Å²) in [6.45, 7) is 4.41. The molecule has 2 aliphatic rings. The number of ketones is 1. The van der Waals surface area contributed by atoms with Crippen LogP contribution in [0.4, 0.5) is 0 Å². The van der Waals surface area contributed by atoms with Crippen LogP contribution in [0.2, 0.25) is 0 Å². The molecule has 7 nitrogen and oxygen atoms in total. The number of rotatable bonds is 6. The van der Waals surface area contributed by atoms with E-state index in [1.807, 2.05) is 12.1 Å². The van der Waals surface area contributed by atoms with Gasteiger partial charge in [0.05, 0.1) is 24.5 Å². The molecule has 1 N–H and O–H groups in total. The lowest BCUT2D eigenvalue weighted by Crippen LogP contribution is -2.39. The maximum absolute atomic E-state index is 12.9. The number of carbonyl (C=O) groups excluding carboxylic acids is 2. The largest absolute Gasteiger partial charge is 0.507 e. The molecular formula is C23H25N3O4. The van der Waals surface area contributed by atoms with E-state index in [1.54, 1.807) is 47.5 Å². The molecule has 2 aliphatic heterocycles. The van der Waals surface area contributed by atoms with E-state index in [-0.39, 0.29) is 11.3 Å². The first-order chi connectivity index (χ1) is 14.7. The molecule has 2 saturated heterocycles. The average Bonchev–Trinajstić information content (AvgIpc) is 3.05. The van der Waals surface area contributed by atoms with Crippen LogP contribution in [0.25, 0.3) is 5.76 Å². The fourth-order valence-corrected chi connectivity index (χ4v) is 4.00. The zero-order chi connectivity index (χ0) is 20.9. The van der Waals surface area contributed by atoms with Crippen LogP contribution in [0, 0.1) is 0 Å². The van der Waals surface area contributed by atoms with E-state index in [4.69, 9.17) is 4.74 Å². The van der Waals surface area contributed by atoms with Crippen molar-refractivity contribution >= 4 is 17.4 Å². The standard InChI is InChI=1S/C23H25N3O4/c27-21(17-7-2-1-3-8-17)19-20(18-9-4-5-10-24-18)26(23(29)22(19)28)12-6-11-25-13-15-30-16-14-25/h1-5,7-10,20,27H,6,11-16H2/b21-19-. The Bertz CT molecular complexity index is 924. The van der Waals surface area contributed by atoms with Gasteiger partial charge in [0.25, 0.3) is 11.7 Å². The van der Waals surface area contributed by atoms with E-state index in [0.29, 0.717) is 17.8 Å². The number of nitrogens with zero attached hydrogens (tertiary/aromatic N) is 3. The van der Waals surface area contributed by atoms with E-state index < -0.39 is 17.7 Å². The lowest BCUT2D eigenvalue weighted by molar-refractivity contribution is -0.140. The van der Waals surface area contributed by atoms with Crippen LogP contribution < -0.4 is 0 Å². The fraction of sp³-hybridized carbons (Fsp3) is 0.348. The number of likely N-dealkylation sites (tertiary alicyclic amines) is 1. The maximum Gasteiger partial charge on any atom is 0.295 e. The van der Waals surface area contributed by atoms with E-state index in [2.05, 4.69) is 9.88 Å². The number of benzene rings is 1. The molecule has 1 unspecified atom stereocenters. The van der Waals surface area contributed by atoms with Crippen LogP contribution in [0.1, 0.15) is 23.7 Å². The summed E-state index contributed by atoms with van der Waals surface area (Å²) in [6.07, 6.45) is 2.35. The Morgan fingerprint density at radius 3 is 2.47 bits per heavy atom. The third kappa shape index (κ3) is 4.13. The van der Waals surface area contributed by atoms with Gasteiger partial charge in [-0.3, -0.25) is 19.5 Å². The number of Topliss-reactive ketones (excluding diaryl/α,β-unsaturated/α-hetero) is 1. The quantitative estimate of drug-likeness (QED) is 0.449. The number of amides is 1. The van der Waals surface area contributed by atoms with Crippen LogP contribution in [-0.2, 0) is 14.3 Å². The fourth-order valence-electron chi connectivity index (χ4n) is 4.00. The molecule has 1 amide bonds. The van der Waals surface area contributed by atoms with Crippen molar-refractivity contribution in [1.82, 2.24) is 14.8 Å². The Morgan fingerprint density at radius 2 is 1.77 bits per heavy atom. The van der Waals surface area contributed by atoms with Gasteiger partial charge < -0.3 is 14.7 Å². The van der Waals surface area contributed by atoms with Gasteiger partial charge in [-0.05, 0) is 18.6 Å². The van der Waals surface area contributed by atoms with Gasteiger partial charge in [0.2, 0.25) is 0 Å². The second kappa shape index (κ2) is 9.19. The summed E-state index contributed by atoms with van der Waals surface area (Å²) in [6, 6.07) is 13.5. The van der Waals surface area contributed by atoms with Crippen molar-refractivity contribution in [3.63, 3.8) is 0 Å². The topological polar surface area (TPSA) is 83.0 Å². The van der Waals surface area contributed by atoms with Gasteiger partial charge in [0, 0.05) is 37.9 Å². The molecule has 7 heteroatoms. The van der Waals surface area contributed by atoms with Gasteiger partial charge in [-0.1, -0.05) is 36.4 Å². The van der Waals surface area contributed by atoms with Gasteiger partial charge in [0.1, 0.15) is 11.8 Å². The Balaban J connectivity index is 1.63. The van der Waals surface area contributed by atoms with E-state index in [1.165, 1.54) is 0 Å². The number of aliphatic hydroxyl groups excluding tert-OH is 1. The monoisotopic (exact) mass is 407 g/mol. The average molecular weight is 407 g/mol. The van der Waals surface area contributed by atoms with Crippen LogP contribution in [0.3, 0.4) is 0 Å². The highest BCUT2D eigenvalue weighted by atomic mass is 16.5. The molecule has 0 aliphatic carbocycles. The van der Waals surface area contributed by atoms with Gasteiger partial charge in [-0.2, -0.15) is 0 Å². The van der Waals surface area contributed by atoms with Crippen molar-refractivity contribution in [2.75, 3.05) is 39.4 Å². The molecule has 0 saturated carbocycles. The minimum Gasteiger partial charge on any atom is -0.507 e. The van der Waals surface area contributed by atoms with Gasteiger partial charge >= 0.3 is 0 Å². The molecule has 1 atom stereocenters. The molecule has 4 rings (SSSR count). The summed E-state index contributed by atoms with van der Waals surface area (Å²) in [4.78, 5) is 34.0. The smallest absolute Gasteiger partial charge is 0.295 e. The van der Waals surface area contributed by atoms with Crippen LogP contribution in [0.5, 0.6) is 0 Å². The maximum atomic E-state index is 12.9. The van der Waals surface area contributed by atoms with Crippen molar-refractivity contribution in [1.29, 1.82) is 0 Å². The number of aromatic nitrogens is 1. The lowest BCUT2D eigenvalue weighted by Gasteiger charge is -2.28. The first kappa shape index (κ1) is 20.3. The SMILES string of the molecule is O=C1C(=O)N(CCCN2CCOCC2)C(c2ccccn2)/C1=C(/O)c1ccccc1. The minimum absolute atomic E-state index is 0.0938. The molecule has 0 bridgehead atoms. The molecule has 0 spiro atoms. The Hall–Kier alpha value is -3.03. The number of hydrogen-bond acceptors (Lipinski definition) is 6. The summed E-state index contributed by atoms with van der Waals surface area (Å²) in [5.74, 6) is -1.43. The van der Waals surface area contributed by atoms with E-state index in [0.717, 1.165) is 39.3 Å². The van der Waals surface area contributed by atoms with E-state index >= 15 is 0 Å². The van der Waals surface area contributed by atoms with Crippen LogP contribution >= 0.6 is 0 Å². The molecular weight excluding hydrogens is 382 g/mol. The Labute approximate surface area is 175 Å². The molecule has 3 heterocycles. The van der Waals surface area contributed by atoms with Gasteiger partial charge in [-0.15, -0.1) is 0 Å². The minimum atomic E-state index is -0.698. The third-order valence-electron chi connectivity index (χ3n) is 5.53. The molecule has 2 fully saturated rings. The van der Waals surface area contributed by atoms with Crippen molar-refractivity contribution in [3.05, 3.63) is 71.6 Å². The second-order valence-electron chi connectivity index (χ2n) is 7.42. The predicted octanol–water partition coefficient (Wildman–Crippen LogP) is 2.23. The number of hydrogen-bond donors (Lipinski definition) is 1. The number of carbonyl (C=O) groups is 2. The highest BCUT2D eigenvalue weighted by molar-refractivity contribution is 6.46. The lowest BCUT2D eigenvalue weighted by atomic mass is 9.98. The van der Waals surface area contributed by atoms with Crippen LogP contribution in [-0.4, -0.2) is 71.0 Å². The molecule has 1 aromatic heterocycles. The molecule has 1 aromatic carbocycles. The Kier molecular flexibility index (Phi) is 6.21. The van der Waals surface area contributed by atoms with Gasteiger partial charge in [0.15, 0.2) is 0 Å². The number of ether oxygens (including phenoxy) is 1. The highest BCUT2D eigenvalue weighted by Crippen LogP contribution is 2.38. The van der Waals surface area contributed by atoms with Crippen molar-refractivity contribution < 1.29 is 19.4 Å². The molecule has 0 radical (unpaired) electrons. The number of aliphatic hydroxyl groups is 1. The number of pyridine rings is 1. The first-order valence-corrected chi connectivity index (χ1v) is 10.2. The summed E-state index contributed by atoms with van der Waals surface area (Å²) in [5.41, 5.74) is 1.17. The normalized spacial score (nSPS) is 21.9. The summed E-state index contributed by atoms with van der Waals surface area (Å²) >= 11 is 0. The number of morpholine rings is 1. The predicted molar refractivity (Wildman–Crippen MR) is 112 cm³/mol. The summed E-state index contributed by atoms with van der Waals surface area (Å²) in [5, 5.41) is 10.9. The molecule has 156 valence electrons. The molecule has 30 heavy (non-hydrogen) atoms. The first-order valence-electron chi connectivity index (χ1n) is 10.2. The van der Waals surface area contributed by atoms with Crippen molar-refractivity contribution in [2.24, 2.45) is 0 Å². The highest BCUT2D eigenvalue weighted by Gasteiger charge is 2.46. The zero-order valence-electron chi connectivity index (χ0n) is 16.7. The van der Waals surface area contributed by atoms with Gasteiger partial charge in [-0.25, -0.2) is 0 Å². The zero-order valence-corrected chi connectivity index (χ0v) is 16.7. The Morgan fingerprint density at radius 1 is 1.03 bits per heavy atom. The molecule has 2 aromatic rings. The van der Waals surface area contributed by atoms with Crippen molar-refractivity contribution in [2.45, 2.75) is 12.5 Å².